The molecule has 3 rings (SSSR count). The second-order valence-electron chi connectivity index (χ2n) is 7.02. The largest absolute Gasteiger partial charge is 0.370 e. The van der Waals surface area contributed by atoms with Crippen LogP contribution in [0.5, 0.6) is 0 Å². The van der Waals surface area contributed by atoms with Crippen molar-refractivity contribution in [3.63, 3.8) is 0 Å². The van der Waals surface area contributed by atoms with Crippen LogP contribution < -0.4 is 15.8 Å². The van der Waals surface area contributed by atoms with Gasteiger partial charge < -0.3 is 15.2 Å². The van der Waals surface area contributed by atoms with Crippen LogP contribution >= 0.6 is 12.2 Å². The molecule has 30 heavy (non-hydrogen) atoms. The predicted octanol–water partition coefficient (Wildman–Crippen LogP) is 3.81. The van der Waals surface area contributed by atoms with Crippen molar-refractivity contribution in [2.24, 2.45) is 0 Å². The van der Waals surface area contributed by atoms with Gasteiger partial charge in [-0.25, -0.2) is 0 Å². The number of hydrogen-bond donors (Lipinski definition) is 2. The van der Waals surface area contributed by atoms with Gasteiger partial charge in [0.2, 0.25) is 0 Å². The number of nitrogens with one attached hydrogen (secondary N) is 2. The minimum absolute atomic E-state index is 0.188. The van der Waals surface area contributed by atoms with Crippen molar-refractivity contribution >= 4 is 34.7 Å². The van der Waals surface area contributed by atoms with Crippen LogP contribution in [-0.2, 0) is 6.54 Å². The van der Waals surface area contributed by atoms with Crippen molar-refractivity contribution in [2.45, 2.75) is 20.4 Å². The van der Waals surface area contributed by atoms with E-state index in [0.717, 1.165) is 6.54 Å². The lowest BCUT2D eigenvalue weighted by molar-refractivity contribution is 0.0954. The summed E-state index contributed by atoms with van der Waals surface area (Å²) in [6.45, 7) is 10.2. The third-order valence-corrected chi connectivity index (χ3v) is 5.38. The van der Waals surface area contributed by atoms with Crippen molar-refractivity contribution < 1.29 is 4.79 Å². The third-order valence-electron chi connectivity index (χ3n) is 5.06. The lowest BCUT2D eigenvalue weighted by atomic mass is 10.1. The van der Waals surface area contributed by atoms with Gasteiger partial charge in [-0.05, 0) is 55.9 Å². The molecule has 1 aromatic heterocycles. The first-order chi connectivity index (χ1) is 14.5. The molecule has 0 radical (unpaired) electrons. The molecule has 0 aliphatic rings. The number of carbonyl (C=O) groups is 1. The van der Waals surface area contributed by atoms with Crippen LogP contribution in [0.3, 0.4) is 0 Å². The molecule has 0 aliphatic heterocycles. The summed E-state index contributed by atoms with van der Waals surface area (Å²) < 4.78 is 1.75. The van der Waals surface area contributed by atoms with Gasteiger partial charge in [-0.2, -0.15) is 0 Å². The van der Waals surface area contributed by atoms with E-state index in [-0.39, 0.29) is 11.5 Å². The molecule has 2 N–H and O–H groups in total. The number of aromatic amines is 1. The van der Waals surface area contributed by atoms with Crippen molar-refractivity contribution in [1.82, 2.24) is 14.9 Å². The molecule has 6 nitrogen and oxygen atoms in total. The molecule has 0 saturated heterocycles. The summed E-state index contributed by atoms with van der Waals surface area (Å²) in [6.07, 6.45) is 1.62. The van der Waals surface area contributed by atoms with Crippen LogP contribution in [0.2, 0.25) is 0 Å². The highest BCUT2D eigenvalue weighted by Gasteiger charge is 2.11. The summed E-state index contributed by atoms with van der Waals surface area (Å²) >= 11 is 5.26. The summed E-state index contributed by atoms with van der Waals surface area (Å²) in [4.78, 5) is 30.5. The minimum Gasteiger partial charge on any atom is -0.370 e. The quantitative estimate of drug-likeness (QED) is 0.428. The van der Waals surface area contributed by atoms with Crippen LogP contribution in [0.4, 0.5) is 5.69 Å². The van der Waals surface area contributed by atoms with Crippen molar-refractivity contribution in [3.8, 4) is 0 Å². The fourth-order valence-corrected chi connectivity index (χ4v) is 3.73. The maximum absolute atomic E-state index is 12.6. The molecule has 1 heterocycles. The van der Waals surface area contributed by atoms with E-state index in [1.54, 1.807) is 24.3 Å². The first-order valence-corrected chi connectivity index (χ1v) is 10.3. The van der Waals surface area contributed by atoms with E-state index in [1.807, 2.05) is 12.1 Å². The molecule has 0 unspecified atom stereocenters. The number of hydrogen-bond acceptors (Lipinski definition) is 4. The zero-order chi connectivity index (χ0) is 21.7. The monoisotopic (exact) mass is 422 g/mol. The fraction of sp³-hybridized carbons (Fsp3) is 0.261. The van der Waals surface area contributed by atoms with Gasteiger partial charge in [0.05, 0.1) is 10.9 Å². The molecule has 0 spiro atoms. The SMILES string of the molecule is C=CCn1c(=S)[nH]c2cc(C(=O)NCCN(CC)c3ccccc3C)ccc2c1=O. The Balaban J connectivity index is 1.73. The number of likely N-dealkylation sites (N-methyl/N-ethyl adjacent to an activating group) is 1. The average Bonchev–Trinajstić information content (AvgIpc) is 2.74. The minimum atomic E-state index is -0.197. The van der Waals surface area contributed by atoms with Crippen LogP contribution in [0.15, 0.2) is 59.9 Å². The van der Waals surface area contributed by atoms with Gasteiger partial charge in [0.1, 0.15) is 0 Å². The standard InChI is InChI=1S/C23H26N4O2S/c1-4-13-27-22(29)18-11-10-17(15-19(18)25-23(27)30)21(28)24-12-14-26(5-2)20-9-7-6-8-16(20)3/h4,6-11,15H,1,5,12-14H2,2-3H3,(H,24,28)(H,25,30). The summed E-state index contributed by atoms with van der Waals surface area (Å²) in [7, 11) is 0. The molecule has 1 amide bonds. The molecule has 7 heteroatoms. The Morgan fingerprint density at radius 2 is 2.07 bits per heavy atom. The zero-order valence-electron chi connectivity index (χ0n) is 17.3. The smallest absolute Gasteiger partial charge is 0.262 e. The first-order valence-electron chi connectivity index (χ1n) is 9.92. The second-order valence-corrected chi connectivity index (χ2v) is 7.40. The Morgan fingerprint density at radius 1 is 1.30 bits per heavy atom. The predicted molar refractivity (Wildman–Crippen MR) is 125 cm³/mol. The molecule has 0 fully saturated rings. The summed E-state index contributed by atoms with van der Waals surface area (Å²) in [5, 5.41) is 3.45. The summed E-state index contributed by atoms with van der Waals surface area (Å²) in [5.41, 5.74) is 3.21. The Kier molecular flexibility index (Phi) is 6.84. The van der Waals surface area contributed by atoms with Gasteiger partial charge >= 0.3 is 0 Å². The van der Waals surface area contributed by atoms with Crippen molar-refractivity contribution in [1.29, 1.82) is 0 Å². The fourth-order valence-electron chi connectivity index (χ4n) is 3.46. The lowest BCUT2D eigenvalue weighted by Crippen LogP contribution is -2.35. The average molecular weight is 423 g/mol. The lowest BCUT2D eigenvalue weighted by Gasteiger charge is -2.25. The number of amides is 1. The number of fused-ring (bicyclic) bond motifs is 1. The van der Waals surface area contributed by atoms with Gasteiger partial charge in [0.25, 0.3) is 11.5 Å². The highest BCUT2D eigenvalue weighted by atomic mass is 32.1. The Bertz CT molecular complexity index is 1200. The Hall–Kier alpha value is -3.19. The maximum atomic E-state index is 12.6. The third kappa shape index (κ3) is 4.52. The Morgan fingerprint density at radius 3 is 2.77 bits per heavy atom. The van der Waals surface area contributed by atoms with E-state index in [9.17, 15) is 9.59 Å². The number of aromatic nitrogens is 2. The highest BCUT2D eigenvalue weighted by molar-refractivity contribution is 7.71. The van der Waals surface area contributed by atoms with Gasteiger partial charge in [0.15, 0.2) is 4.77 Å². The number of carbonyl (C=O) groups excluding carboxylic acids is 1. The van der Waals surface area contributed by atoms with Gasteiger partial charge in [-0.1, -0.05) is 24.3 Å². The molecule has 2 aromatic carbocycles. The number of rotatable bonds is 8. The molecule has 0 bridgehead atoms. The highest BCUT2D eigenvalue weighted by Crippen LogP contribution is 2.18. The number of H-pyrrole nitrogens is 1. The zero-order valence-corrected chi connectivity index (χ0v) is 18.1. The molecule has 156 valence electrons. The van der Waals surface area contributed by atoms with Gasteiger partial charge in [-0.3, -0.25) is 14.2 Å². The van der Waals surface area contributed by atoms with Crippen molar-refractivity contribution in [2.75, 3.05) is 24.5 Å². The van der Waals surface area contributed by atoms with Gasteiger partial charge in [-0.15, -0.1) is 6.58 Å². The molecule has 0 aliphatic carbocycles. The Labute approximate surface area is 180 Å². The van der Waals surface area contributed by atoms with E-state index in [1.165, 1.54) is 15.8 Å². The van der Waals surface area contributed by atoms with Crippen LogP contribution in [0.1, 0.15) is 22.8 Å². The molecule has 0 atom stereocenters. The van der Waals surface area contributed by atoms with Crippen LogP contribution in [0.25, 0.3) is 10.9 Å². The number of aryl methyl sites for hydroxylation is 1. The van der Waals surface area contributed by atoms with E-state index >= 15 is 0 Å². The topological polar surface area (TPSA) is 70.1 Å². The number of anilines is 1. The number of nitrogens with zero attached hydrogens (tertiary/aromatic N) is 2. The molecular weight excluding hydrogens is 396 g/mol. The van der Waals surface area contributed by atoms with Gasteiger partial charge in [0, 0.05) is 37.4 Å². The van der Waals surface area contributed by atoms with E-state index in [4.69, 9.17) is 12.2 Å². The van der Waals surface area contributed by atoms with Crippen LogP contribution in [0, 0.1) is 11.7 Å². The second kappa shape index (κ2) is 9.54. The van der Waals surface area contributed by atoms with Crippen LogP contribution in [-0.4, -0.2) is 35.1 Å². The van der Waals surface area contributed by atoms with E-state index in [0.29, 0.717) is 40.9 Å². The molecule has 3 aromatic rings. The first kappa shape index (κ1) is 21.5. The number of allylic oxidation sites excluding steroid dienone is 1. The number of benzene rings is 2. The number of para-hydroxylation sites is 1. The molecular formula is C23H26N4O2S. The van der Waals surface area contributed by atoms with E-state index in [2.05, 4.69) is 47.8 Å². The van der Waals surface area contributed by atoms with E-state index < -0.39 is 0 Å². The normalized spacial score (nSPS) is 10.7. The maximum Gasteiger partial charge on any atom is 0.262 e. The van der Waals surface area contributed by atoms with Crippen molar-refractivity contribution in [3.05, 3.63) is 81.4 Å². The molecule has 0 saturated carbocycles. The summed E-state index contributed by atoms with van der Waals surface area (Å²) in [6, 6.07) is 13.2. The summed E-state index contributed by atoms with van der Waals surface area (Å²) in [5.74, 6) is -0.188.